The molecule has 0 fully saturated rings. The van der Waals surface area contributed by atoms with Crippen LogP contribution >= 0.6 is 38.9 Å². The van der Waals surface area contributed by atoms with Gasteiger partial charge in [0.25, 0.3) is 5.91 Å². The summed E-state index contributed by atoms with van der Waals surface area (Å²) in [5, 5.41) is 4.39. The van der Waals surface area contributed by atoms with Gasteiger partial charge in [0.1, 0.15) is 16.5 Å². The number of rotatable bonds is 5. The summed E-state index contributed by atoms with van der Waals surface area (Å²) in [7, 11) is 0. The smallest absolute Gasteiger partial charge is 0.259 e. The van der Waals surface area contributed by atoms with Crippen LogP contribution in [-0.2, 0) is 12.8 Å². The summed E-state index contributed by atoms with van der Waals surface area (Å²) >= 11 is 11.3. The molecule has 196 valence electrons. The van der Waals surface area contributed by atoms with E-state index in [0.717, 1.165) is 40.6 Å². The summed E-state index contributed by atoms with van der Waals surface area (Å²) in [5.74, 6) is 1.82. The van der Waals surface area contributed by atoms with E-state index in [1.54, 1.807) is 29.7 Å². The Bertz CT molecular complexity index is 1510. The molecule has 0 radical (unpaired) electrons. The fourth-order valence-electron chi connectivity index (χ4n) is 4.87. The Hall–Kier alpha value is -2.67. The molecule has 2 aromatic carbocycles. The summed E-state index contributed by atoms with van der Waals surface area (Å²) < 4.78 is 7.08. The van der Waals surface area contributed by atoms with Crippen molar-refractivity contribution >= 4 is 61.7 Å². The number of hydrogen-bond donors (Lipinski definition) is 1. The van der Waals surface area contributed by atoms with E-state index < -0.39 is 0 Å². The first kappa shape index (κ1) is 26.9. The van der Waals surface area contributed by atoms with Crippen LogP contribution in [0.25, 0.3) is 11.3 Å². The number of anilines is 1. The van der Waals surface area contributed by atoms with Crippen LogP contribution in [0.5, 0.6) is 0 Å². The van der Waals surface area contributed by atoms with Crippen molar-refractivity contribution in [3.05, 3.63) is 91.4 Å². The van der Waals surface area contributed by atoms with Gasteiger partial charge in [0.05, 0.1) is 11.8 Å². The molecular formula is C31H30BrClN2O2S. The van der Waals surface area contributed by atoms with Gasteiger partial charge in [-0.3, -0.25) is 4.79 Å². The van der Waals surface area contributed by atoms with Gasteiger partial charge in [0, 0.05) is 25.6 Å². The summed E-state index contributed by atoms with van der Waals surface area (Å²) in [5.41, 5.74) is 4.87. The van der Waals surface area contributed by atoms with Crippen molar-refractivity contribution in [1.82, 2.24) is 0 Å². The first-order chi connectivity index (χ1) is 18.1. The predicted molar refractivity (Wildman–Crippen MR) is 163 cm³/mol. The summed E-state index contributed by atoms with van der Waals surface area (Å²) in [6, 6.07) is 17.2. The molecule has 0 spiro atoms. The summed E-state index contributed by atoms with van der Waals surface area (Å²) in [6.07, 6.45) is 4.61. The van der Waals surface area contributed by atoms with Gasteiger partial charge in [-0.1, -0.05) is 54.4 Å². The van der Waals surface area contributed by atoms with Gasteiger partial charge in [-0.05, 0) is 97.2 Å². The monoisotopic (exact) mass is 608 g/mol. The van der Waals surface area contributed by atoms with Crippen molar-refractivity contribution in [1.29, 1.82) is 0 Å². The van der Waals surface area contributed by atoms with E-state index in [4.69, 9.17) is 21.0 Å². The lowest BCUT2D eigenvalue weighted by molar-refractivity contribution is 0.102. The van der Waals surface area contributed by atoms with Gasteiger partial charge >= 0.3 is 0 Å². The highest BCUT2D eigenvalue weighted by Gasteiger charge is 2.33. The molecule has 0 bridgehead atoms. The second kappa shape index (κ2) is 10.8. The number of fused-ring (bicyclic) bond motifs is 1. The van der Waals surface area contributed by atoms with Crippen molar-refractivity contribution in [2.45, 2.75) is 47.0 Å². The molecule has 5 rings (SSSR count). The van der Waals surface area contributed by atoms with Crippen LogP contribution in [0.15, 0.2) is 68.5 Å². The molecule has 0 unspecified atom stereocenters. The molecule has 1 aliphatic carbocycles. The lowest BCUT2D eigenvalue weighted by Gasteiger charge is -2.33. The highest BCUT2D eigenvalue weighted by Crippen LogP contribution is 2.45. The SMILES string of the molecule is Cc1ccc(-c2ccc(C=Nc3sc4c(c3C(=O)Nc3ccc(Cl)cc3)CC[C@@H](C(C)(C)C)C4)o2)c(Br)c1. The number of furan rings is 1. The zero-order chi connectivity index (χ0) is 27.0. The minimum Gasteiger partial charge on any atom is -0.455 e. The fourth-order valence-corrected chi connectivity index (χ4v) is 6.96. The topological polar surface area (TPSA) is 54.6 Å². The molecule has 2 heterocycles. The number of benzene rings is 2. The van der Waals surface area contributed by atoms with Crippen molar-refractivity contribution in [2.75, 3.05) is 5.32 Å². The van der Waals surface area contributed by atoms with Crippen molar-refractivity contribution in [3.8, 4) is 11.3 Å². The number of nitrogens with zero attached hydrogens (tertiary/aromatic N) is 1. The van der Waals surface area contributed by atoms with Crippen LogP contribution in [0.3, 0.4) is 0 Å². The van der Waals surface area contributed by atoms with Gasteiger partial charge in [-0.25, -0.2) is 4.99 Å². The number of halogens is 2. The normalized spacial score (nSPS) is 15.6. The van der Waals surface area contributed by atoms with Gasteiger partial charge < -0.3 is 9.73 Å². The van der Waals surface area contributed by atoms with E-state index in [1.807, 2.05) is 30.3 Å². The van der Waals surface area contributed by atoms with E-state index >= 15 is 0 Å². The first-order valence-corrected chi connectivity index (χ1v) is 14.7. The third-order valence-electron chi connectivity index (χ3n) is 7.13. The molecule has 0 saturated carbocycles. The zero-order valence-corrected chi connectivity index (χ0v) is 25.1. The molecule has 38 heavy (non-hydrogen) atoms. The third kappa shape index (κ3) is 5.83. The summed E-state index contributed by atoms with van der Waals surface area (Å²) in [4.78, 5) is 19.6. The molecule has 1 atom stereocenters. The van der Waals surface area contributed by atoms with Gasteiger partial charge in [0.15, 0.2) is 0 Å². The maximum atomic E-state index is 13.6. The predicted octanol–water partition coefficient (Wildman–Crippen LogP) is 9.89. The number of carbonyl (C=O) groups is 1. The average molecular weight is 610 g/mol. The zero-order valence-electron chi connectivity index (χ0n) is 21.9. The maximum Gasteiger partial charge on any atom is 0.259 e. The minimum absolute atomic E-state index is 0.144. The summed E-state index contributed by atoms with van der Waals surface area (Å²) in [6.45, 7) is 8.94. The Labute approximate surface area is 241 Å². The second-order valence-corrected chi connectivity index (χ2v) is 13.3. The number of amides is 1. The van der Waals surface area contributed by atoms with E-state index in [1.165, 1.54) is 10.4 Å². The number of thiophene rings is 1. The average Bonchev–Trinajstić information content (AvgIpc) is 3.47. The van der Waals surface area contributed by atoms with Crippen molar-refractivity contribution < 1.29 is 9.21 Å². The standard InChI is InChI=1S/C31H30BrClN2O2S/c1-18-5-12-23(25(32)15-18)26-14-11-22(37-26)17-34-30-28(29(36)35-21-9-7-20(33)8-10-21)24-13-6-19(31(2,3)4)16-27(24)38-30/h5,7-12,14-15,17,19H,6,13,16H2,1-4H3,(H,35,36)/t19-/m1/s1. The van der Waals surface area contributed by atoms with E-state index in [0.29, 0.717) is 33.0 Å². The number of hydrogen-bond acceptors (Lipinski definition) is 4. The van der Waals surface area contributed by atoms with E-state index in [9.17, 15) is 4.79 Å². The van der Waals surface area contributed by atoms with Gasteiger partial charge in [-0.2, -0.15) is 0 Å². The third-order valence-corrected chi connectivity index (χ3v) is 9.20. The number of aliphatic imine (C=N–C) groups is 1. The van der Waals surface area contributed by atoms with E-state index in [2.05, 4.69) is 61.1 Å². The van der Waals surface area contributed by atoms with Crippen LogP contribution in [0.4, 0.5) is 10.7 Å². The first-order valence-electron chi connectivity index (χ1n) is 12.7. The molecule has 1 aliphatic rings. The Balaban J connectivity index is 1.47. The Morgan fingerprint density at radius 2 is 1.92 bits per heavy atom. The van der Waals surface area contributed by atoms with Crippen molar-refractivity contribution in [3.63, 3.8) is 0 Å². The Morgan fingerprint density at radius 3 is 2.63 bits per heavy atom. The lowest BCUT2D eigenvalue weighted by atomic mass is 9.72. The molecule has 4 aromatic rings. The maximum absolute atomic E-state index is 13.6. The molecule has 1 N–H and O–H groups in total. The second-order valence-electron chi connectivity index (χ2n) is 10.9. The quantitative estimate of drug-likeness (QED) is 0.229. The molecule has 2 aromatic heterocycles. The highest BCUT2D eigenvalue weighted by atomic mass is 79.9. The molecule has 0 saturated heterocycles. The molecule has 7 heteroatoms. The Morgan fingerprint density at radius 1 is 1.16 bits per heavy atom. The lowest BCUT2D eigenvalue weighted by Crippen LogP contribution is -2.27. The van der Waals surface area contributed by atoms with Crippen LogP contribution in [0.1, 0.15) is 59.3 Å². The molecule has 1 amide bonds. The number of aryl methyl sites for hydroxylation is 1. The number of nitrogens with one attached hydrogen (secondary N) is 1. The largest absolute Gasteiger partial charge is 0.455 e. The minimum atomic E-state index is -0.144. The highest BCUT2D eigenvalue weighted by molar-refractivity contribution is 9.10. The van der Waals surface area contributed by atoms with Crippen LogP contribution in [-0.4, -0.2) is 12.1 Å². The van der Waals surface area contributed by atoms with E-state index in [-0.39, 0.29) is 11.3 Å². The van der Waals surface area contributed by atoms with Crippen molar-refractivity contribution in [2.24, 2.45) is 16.3 Å². The van der Waals surface area contributed by atoms with Crippen LogP contribution < -0.4 is 5.32 Å². The van der Waals surface area contributed by atoms with Gasteiger partial charge in [0.2, 0.25) is 0 Å². The van der Waals surface area contributed by atoms with Gasteiger partial charge in [-0.15, -0.1) is 11.3 Å². The van der Waals surface area contributed by atoms with Crippen LogP contribution in [0.2, 0.25) is 5.02 Å². The fraction of sp³-hybridized carbons (Fsp3) is 0.290. The molecular weight excluding hydrogens is 580 g/mol. The molecule has 0 aliphatic heterocycles. The Kier molecular flexibility index (Phi) is 7.67. The number of carbonyl (C=O) groups excluding carboxylic acids is 1. The van der Waals surface area contributed by atoms with Crippen LogP contribution in [0, 0.1) is 18.3 Å². The molecule has 4 nitrogen and oxygen atoms in total.